The van der Waals surface area contributed by atoms with Crippen LogP contribution < -0.4 is 0 Å². The predicted molar refractivity (Wildman–Crippen MR) is 65.5 cm³/mol. The number of esters is 2. The number of cyclic esters (lactones) is 1. The van der Waals surface area contributed by atoms with E-state index in [2.05, 4.69) is 4.74 Å². The fraction of sp³-hybridized carbons (Fsp3) is 0.214. The van der Waals surface area contributed by atoms with Gasteiger partial charge in [0.2, 0.25) is 6.10 Å². The molecule has 0 aliphatic carbocycles. The van der Waals surface area contributed by atoms with Crippen molar-refractivity contribution in [2.45, 2.75) is 12.5 Å². The fourth-order valence-electron chi connectivity index (χ4n) is 1.63. The van der Waals surface area contributed by atoms with E-state index in [4.69, 9.17) is 10.00 Å². The van der Waals surface area contributed by atoms with Crippen LogP contribution in [0.2, 0.25) is 0 Å². The minimum absolute atomic E-state index is 0.147. The van der Waals surface area contributed by atoms with Crippen LogP contribution in [0.5, 0.6) is 0 Å². The maximum Gasteiger partial charge on any atom is 0.349 e. The van der Waals surface area contributed by atoms with Crippen LogP contribution >= 0.6 is 0 Å². The van der Waals surface area contributed by atoms with Gasteiger partial charge in [-0.2, -0.15) is 5.26 Å². The van der Waals surface area contributed by atoms with Crippen molar-refractivity contribution in [3.8, 4) is 6.07 Å². The number of nitrogens with zero attached hydrogens (tertiary/aromatic N) is 1. The normalized spacial score (nSPS) is 18.6. The van der Waals surface area contributed by atoms with E-state index < -0.39 is 18.0 Å². The molecule has 96 valence electrons. The first kappa shape index (κ1) is 12.8. The fourth-order valence-corrected chi connectivity index (χ4v) is 1.63. The van der Waals surface area contributed by atoms with E-state index in [9.17, 15) is 9.59 Å². The lowest BCUT2D eigenvalue weighted by Crippen LogP contribution is -2.23. The summed E-state index contributed by atoms with van der Waals surface area (Å²) in [6.07, 6.45) is 0.845. The standard InChI is InChI=1S/C14H11NO4/c15-9-11(8-10-4-2-1-3-5-10)13(16)19-12-6-7-18-14(12)17/h1-5,8,12H,6-7H2/b11-8-. The summed E-state index contributed by atoms with van der Waals surface area (Å²) < 4.78 is 9.62. The number of carbonyl (C=O) groups is 2. The van der Waals surface area contributed by atoms with E-state index >= 15 is 0 Å². The molecular formula is C14H11NO4. The molecule has 1 aromatic carbocycles. The average molecular weight is 257 g/mol. The van der Waals surface area contributed by atoms with Crippen molar-refractivity contribution >= 4 is 18.0 Å². The zero-order valence-corrected chi connectivity index (χ0v) is 10.0. The molecule has 0 amide bonds. The Hall–Kier alpha value is -2.61. The third-order valence-electron chi connectivity index (χ3n) is 2.59. The van der Waals surface area contributed by atoms with E-state index in [1.807, 2.05) is 6.07 Å². The van der Waals surface area contributed by atoms with Gasteiger partial charge in [0.1, 0.15) is 11.6 Å². The van der Waals surface area contributed by atoms with Crippen LogP contribution in [-0.4, -0.2) is 24.6 Å². The quantitative estimate of drug-likeness (QED) is 0.465. The Morgan fingerprint density at radius 2 is 2.16 bits per heavy atom. The molecule has 1 saturated heterocycles. The first-order valence-electron chi connectivity index (χ1n) is 5.75. The third kappa shape index (κ3) is 3.19. The van der Waals surface area contributed by atoms with Gasteiger partial charge in [-0.1, -0.05) is 30.3 Å². The second-order valence-corrected chi connectivity index (χ2v) is 3.93. The molecule has 0 spiro atoms. The van der Waals surface area contributed by atoms with Gasteiger partial charge in [-0.3, -0.25) is 0 Å². The van der Waals surface area contributed by atoms with Crippen LogP contribution in [0.25, 0.3) is 6.08 Å². The number of benzene rings is 1. The Bertz CT molecular complexity index is 557. The van der Waals surface area contributed by atoms with Gasteiger partial charge < -0.3 is 9.47 Å². The molecule has 1 atom stereocenters. The molecule has 2 rings (SSSR count). The highest BCUT2D eigenvalue weighted by molar-refractivity contribution is 5.99. The zero-order valence-electron chi connectivity index (χ0n) is 10.0. The van der Waals surface area contributed by atoms with Gasteiger partial charge in [0, 0.05) is 6.42 Å². The van der Waals surface area contributed by atoms with E-state index in [-0.39, 0.29) is 12.2 Å². The molecule has 5 heteroatoms. The van der Waals surface area contributed by atoms with Crippen molar-refractivity contribution in [3.63, 3.8) is 0 Å². The second kappa shape index (κ2) is 5.83. The summed E-state index contributed by atoms with van der Waals surface area (Å²) in [5, 5.41) is 8.96. The lowest BCUT2D eigenvalue weighted by molar-refractivity contribution is -0.157. The Morgan fingerprint density at radius 3 is 2.74 bits per heavy atom. The minimum atomic E-state index is -0.903. The largest absolute Gasteiger partial charge is 0.463 e. The molecule has 0 N–H and O–H groups in total. The van der Waals surface area contributed by atoms with Crippen molar-refractivity contribution in [3.05, 3.63) is 41.5 Å². The van der Waals surface area contributed by atoms with Crippen molar-refractivity contribution < 1.29 is 19.1 Å². The zero-order chi connectivity index (χ0) is 13.7. The molecule has 5 nitrogen and oxygen atoms in total. The molecule has 0 bridgehead atoms. The van der Waals surface area contributed by atoms with Gasteiger partial charge in [-0.15, -0.1) is 0 Å². The molecular weight excluding hydrogens is 246 g/mol. The number of ether oxygens (including phenoxy) is 2. The highest BCUT2D eigenvalue weighted by atomic mass is 16.6. The Morgan fingerprint density at radius 1 is 1.42 bits per heavy atom. The molecule has 1 aliphatic heterocycles. The van der Waals surface area contributed by atoms with Crippen molar-refractivity contribution in [1.82, 2.24) is 0 Å². The average Bonchev–Trinajstić information content (AvgIpc) is 2.82. The predicted octanol–water partition coefficient (Wildman–Crippen LogP) is 1.45. The van der Waals surface area contributed by atoms with Crippen molar-refractivity contribution in [2.75, 3.05) is 6.61 Å². The first-order valence-corrected chi connectivity index (χ1v) is 5.75. The number of carbonyl (C=O) groups excluding carboxylic acids is 2. The van der Waals surface area contributed by atoms with Gasteiger partial charge in [-0.05, 0) is 11.6 Å². The molecule has 0 aromatic heterocycles. The molecule has 0 saturated carbocycles. The summed E-state index contributed by atoms with van der Waals surface area (Å²) in [6.45, 7) is 0.237. The SMILES string of the molecule is N#C/C(=C/c1ccccc1)C(=O)OC1CCOC1=O. The van der Waals surface area contributed by atoms with Gasteiger partial charge in [-0.25, -0.2) is 9.59 Å². The summed E-state index contributed by atoms with van der Waals surface area (Å²) in [5.74, 6) is -1.37. The van der Waals surface area contributed by atoms with Gasteiger partial charge in [0.15, 0.2) is 0 Å². The molecule has 0 radical (unpaired) electrons. The topological polar surface area (TPSA) is 76.4 Å². The Labute approximate surface area is 110 Å². The summed E-state index contributed by atoms with van der Waals surface area (Å²) in [4.78, 5) is 22.9. The first-order chi connectivity index (χ1) is 9.20. The Balaban J connectivity index is 2.10. The lowest BCUT2D eigenvalue weighted by atomic mass is 10.1. The van der Waals surface area contributed by atoms with E-state index in [1.165, 1.54) is 6.08 Å². The molecule has 1 unspecified atom stereocenters. The van der Waals surface area contributed by atoms with Crippen LogP contribution in [0.15, 0.2) is 35.9 Å². The van der Waals surface area contributed by atoms with Crippen molar-refractivity contribution in [2.24, 2.45) is 0 Å². The number of rotatable bonds is 3. The molecule has 19 heavy (non-hydrogen) atoms. The van der Waals surface area contributed by atoms with Crippen LogP contribution in [0.4, 0.5) is 0 Å². The van der Waals surface area contributed by atoms with Crippen molar-refractivity contribution in [1.29, 1.82) is 5.26 Å². The number of hydrogen-bond acceptors (Lipinski definition) is 5. The van der Waals surface area contributed by atoms with E-state index in [0.717, 1.165) is 0 Å². The highest BCUT2D eigenvalue weighted by Crippen LogP contribution is 2.14. The maximum atomic E-state index is 11.8. The number of nitriles is 1. The van der Waals surface area contributed by atoms with E-state index in [0.29, 0.717) is 12.0 Å². The third-order valence-corrected chi connectivity index (χ3v) is 2.59. The smallest absolute Gasteiger partial charge is 0.349 e. The lowest BCUT2D eigenvalue weighted by Gasteiger charge is -2.07. The summed E-state index contributed by atoms with van der Waals surface area (Å²) >= 11 is 0. The minimum Gasteiger partial charge on any atom is -0.463 e. The van der Waals surface area contributed by atoms with Crippen LogP contribution in [0.3, 0.4) is 0 Å². The molecule has 1 aromatic rings. The summed E-state index contributed by atoms with van der Waals surface area (Å²) in [6, 6.07) is 10.7. The van der Waals surface area contributed by atoms with E-state index in [1.54, 1.807) is 30.3 Å². The monoisotopic (exact) mass is 257 g/mol. The molecule has 1 heterocycles. The summed E-state index contributed by atoms with van der Waals surface area (Å²) in [5.41, 5.74) is 0.566. The van der Waals surface area contributed by atoms with Crippen LogP contribution in [-0.2, 0) is 19.1 Å². The Kier molecular flexibility index (Phi) is 3.94. The maximum absolute atomic E-state index is 11.8. The molecule has 1 aliphatic rings. The highest BCUT2D eigenvalue weighted by Gasteiger charge is 2.31. The summed E-state index contributed by atoms with van der Waals surface area (Å²) in [7, 11) is 0. The van der Waals surface area contributed by atoms with Gasteiger partial charge in [0.25, 0.3) is 0 Å². The number of hydrogen-bond donors (Lipinski definition) is 0. The second-order valence-electron chi connectivity index (χ2n) is 3.93. The van der Waals surface area contributed by atoms with Crippen LogP contribution in [0, 0.1) is 11.3 Å². The molecule has 1 fully saturated rings. The van der Waals surface area contributed by atoms with Crippen LogP contribution in [0.1, 0.15) is 12.0 Å². The van der Waals surface area contributed by atoms with Gasteiger partial charge in [0.05, 0.1) is 6.61 Å². The van der Waals surface area contributed by atoms with Gasteiger partial charge >= 0.3 is 11.9 Å².